The standard InChI is InChI=1S/C19H31N3O3/c1-20-19(21-11-7-13-23-16-18-10-6-14-24-18)22(2)12-15-25-17-8-4-3-5-9-17/h3-5,8-9,18H,6-7,10-16H2,1-2H3,(H,20,21). The van der Waals surface area contributed by atoms with Crippen molar-refractivity contribution in [3.05, 3.63) is 30.3 Å². The van der Waals surface area contributed by atoms with Crippen LogP contribution >= 0.6 is 0 Å². The highest BCUT2D eigenvalue weighted by Crippen LogP contribution is 2.11. The van der Waals surface area contributed by atoms with E-state index in [1.54, 1.807) is 7.05 Å². The monoisotopic (exact) mass is 349 g/mol. The first-order chi connectivity index (χ1) is 12.3. The minimum absolute atomic E-state index is 0.302. The number of nitrogens with zero attached hydrogens (tertiary/aromatic N) is 2. The van der Waals surface area contributed by atoms with E-state index in [1.807, 2.05) is 37.4 Å². The summed E-state index contributed by atoms with van der Waals surface area (Å²) in [5.74, 6) is 1.76. The van der Waals surface area contributed by atoms with Crippen molar-refractivity contribution < 1.29 is 14.2 Å². The fraction of sp³-hybridized carbons (Fsp3) is 0.632. The number of benzene rings is 1. The molecule has 1 aliphatic rings. The SMILES string of the molecule is CN=C(NCCCOCC1CCCO1)N(C)CCOc1ccccc1. The van der Waals surface area contributed by atoms with Crippen molar-refractivity contribution in [2.24, 2.45) is 4.99 Å². The summed E-state index contributed by atoms with van der Waals surface area (Å²) >= 11 is 0. The van der Waals surface area contributed by atoms with Gasteiger partial charge in [0.25, 0.3) is 0 Å². The van der Waals surface area contributed by atoms with Crippen molar-refractivity contribution in [2.45, 2.75) is 25.4 Å². The highest BCUT2D eigenvalue weighted by molar-refractivity contribution is 5.79. The number of hydrogen-bond acceptors (Lipinski definition) is 4. The normalized spacial score (nSPS) is 17.5. The van der Waals surface area contributed by atoms with E-state index in [9.17, 15) is 0 Å². The Hall–Kier alpha value is -1.79. The maximum absolute atomic E-state index is 5.72. The van der Waals surface area contributed by atoms with Gasteiger partial charge < -0.3 is 24.4 Å². The van der Waals surface area contributed by atoms with Gasteiger partial charge in [-0.15, -0.1) is 0 Å². The maximum Gasteiger partial charge on any atom is 0.193 e. The van der Waals surface area contributed by atoms with Crippen LogP contribution in [0, 0.1) is 0 Å². The lowest BCUT2D eigenvalue weighted by Crippen LogP contribution is -2.41. The zero-order chi connectivity index (χ0) is 17.7. The second-order valence-corrected chi connectivity index (χ2v) is 6.12. The van der Waals surface area contributed by atoms with Gasteiger partial charge in [-0.2, -0.15) is 0 Å². The average Bonchev–Trinajstić information content (AvgIpc) is 3.15. The van der Waals surface area contributed by atoms with Crippen LogP contribution in [0.2, 0.25) is 0 Å². The first-order valence-electron chi connectivity index (χ1n) is 9.08. The molecular formula is C19H31N3O3. The molecule has 1 aromatic carbocycles. The van der Waals surface area contributed by atoms with Crippen LogP contribution in [0.5, 0.6) is 5.75 Å². The summed E-state index contributed by atoms with van der Waals surface area (Å²) in [4.78, 5) is 6.38. The molecule has 140 valence electrons. The smallest absolute Gasteiger partial charge is 0.193 e. The summed E-state index contributed by atoms with van der Waals surface area (Å²) in [6.07, 6.45) is 3.53. The lowest BCUT2D eigenvalue weighted by molar-refractivity contribution is 0.0168. The Balaban J connectivity index is 1.52. The topological polar surface area (TPSA) is 55.3 Å². The van der Waals surface area contributed by atoms with Crippen LogP contribution in [-0.2, 0) is 9.47 Å². The van der Waals surface area contributed by atoms with Gasteiger partial charge in [0.2, 0.25) is 0 Å². The second kappa shape index (κ2) is 11.7. The third kappa shape index (κ3) is 7.75. The van der Waals surface area contributed by atoms with Gasteiger partial charge >= 0.3 is 0 Å². The number of para-hydroxylation sites is 1. The summed E-state index contributed by atoms with van der Waals surface area (Å²) in [5, 5.41) is 3.36. The maximum atomic E-state index is 5.72. The minimum Gasteiger partial charge on any atom is -0.492 e. The molecule has 0 radical (unpaired) electrons. The van der Waals surface area contributed by atoms with Gasteiger partial charge in [-0.05, 0) is 31.4 Å². The number of ether oxygens (including phenoxy) is 3. The number of hydrogen-bond donors (Lipinski definition) is 1. The van der Waals surface area contributed by atoms with Crippen LogP contribution in [0.25, 0.3) is 0 Å². The summed E-state index contributed by atoms with van der Waals surface area (Å²) in [6.45, 7) is 4.56. The number of rotatable bonds is 10. The molecule has 25 heavy (non-hydrogen) atoms. The third-order valence-corrected chi connectivity index (χ3v) is 4.09. The number of nitrogens with one attached hydrogen (secondary N) is 1. The average molecular weight is 349 g/mol. The highest BCUT2D eigenvalue weighted by atomic mass is 16.5. The van der Waals surface area contributed by atoms with E-state index in [0.29, 0.717) is 19.3 Å². The van der Waals surface area contributed by atoms with Gasteiger partial charge in [0.1, 0.15) is 12.4 Å². The largest absolute Gasteiger partial charge is 0.492 e. The van der Waals surface area contributed by atoms with Crippen molar-refractivity contribution in [3.8, 4) is 5.75 Å². The molecule has 0 aliphatic carbocycles. The molecule has 1 N–H and O–H groups in total. The van der Waals surface area contributed by atoms with E-state index in [4.69, 9.17) is 14.2 Å². The zero-order valence-corrected chi connectivity index (χ0v) is 15.4. The first kappa shape index (κ1) is 19.5. The fourth-order valence-electron chi connectivity index (χ4n) is 2.67. The van der Waals surface area contributed by atoms with E-state index in [0.717, 1.165) is 57.3 Å². The van der Waals surface area contributed by atoms with Crippen LogP contribution in [0.15, 0.2) is 35.3 Å². The Bertz CT molecular complexity index is 490. The van der Waals surface area contributed by atoms with Gasteiger partial charge in [0, 0.05) is 33.9 Å². The predicted molar refractivity (Wildman–Crippen MR) is 100 cm³/mol. The first-order valence-corrected chi connectivity index (χ1v) is 9.08. The Morgan fingerprint density at radius 1 is 1.32 bits per heavy atom. The summed E-state index contributed by atoms with van der Waals surface area (Å²) in [7, 11) is 3.81. The molecule has 0 saturated carbocycles. The minimum atomic E-state index is 0.302. The van der Waals surface area contributed by atoms with E-state index >= 15 is 0 Å². The predicted octanol–water partition coefficient (Wildman–Crippen LogP) is 2.16. The van der Waals surface area contributed by atoms with Crippen LogP contribution in [-0.4, -0.2) is 70.6 Å². The van der Waals surface area contributed by atoms with Gasteiger partial charge in [-0.3, -0.25) is 4.99 Å². The summed E-state index contributed by atoms with van der Waals surface area (Å²) < 4.78 is 16.9. The molecule has 2 rings (SSSR count). The molecule has 1 atom stereocenters. The molecule has 0 spiro atoms. The van der Waals surface area contributed by atoms with Crippen LogP contribution in [0.1, 0.15) is 19.3 Å². The van der Waals surface area contributed by atoms with E-state index in [1.165, 1.54) is 0 Å². The fourth-order valence-corrected chi connectivity index (χ4v) is 2.67. The molecule has 1 fully saturated rings. The molecule has 1 saturated heterocycles. The molecule has 1 aromatic rings. The molecule has 0 amide bonds. The second-order valence-electron chi connectivity index (χ2n) is 6.12. The van der Waals surface area contributed by atoms with Crippen LogP contribution in [0.3, 0.4) is 0 Å². The Morgan fingerprint density at radius 2 is 2.16 bits per heavy atom. The van der Waals surface area contributed by atoms with Crippen molar-refractivity contribution in [1.29, 1.82) is 0 Å². The molecule has 1 aliphatic heterocycles. The van der Waals surface area contributed by atoms with E-state index in [2.05, 4.69) is 15.2 Å². The summed E-state index contributed by atoms with van der Waals surface area (Å²) in [6, 6.07) is 9.85. The third-order valence-electron chi connectivity index (χ3n) is 4.09. The van der Waals surface area contributed by atoms with Gasteiger partial charge in [-0.25, -0.2) is 0 Å². The molecule has 6 heteroatoms. The lowest BCUT2D eigenvalue weighted by atomic mass is 10.2. The number of guanidine groups is 1. The Kier molecular flexibility index (Phi) is 9.15. The quantitative estimate of drug-likeness (QED) is 0.398. The highest BCUT2D eigenvalue weighted by Gasteiger charge is 2.14. The van der Waals surface area contributed by atoms with Crippen molar-refractivity contribution in [1.82, 2.24) is 10.2 Å². The van der Waals surface area contributed by atoms with Gasteiger partial charge in [0.15, 0.2) is 5.96 Å². The molecule has 0 bridgehead atoms. The van der Waals surface area contributed by atoms with E-state index < -0.39 is 0 Å². The van der Waals surface area contributed by atoms with Crippen LogP contribution in [0.4, 0.5) is 0 Å². The van der Waals surface area contributed by atoms with Crippen molar-refractivity contribution >= 4 is 5.96 Å². The van der Waals surface area contributed by atoms with Crippen molar-refractivity contribution in [2.75, 3.05) is 53.6 Å². The summed E-state index contributed by atoms with van der Waals surface area (Å²) in [5.41, 5.74) is 0. The molecular weight excluding hydrogens is 318 g/mol. The Morgan fingerprint density at radius 3 is 2.88 bits per heavy atom. The van der Waals surface area contributed by atoms with Crippen LogP contribution < -0.4 is 10.1 Å². The molecule has 1 unspecified atom stereocenters. The van der Waals surface area contributed by atoms with E-state index in [-0.39, 0.29) is 0 Å². The zero-order valence-electron chi connectivity index (χ0n) is 15.4. The van der Waals surface area contributed by atoms with Gasteiger partial charge in [-0.1, -0.05) is 18.2 Å². The van der Waals surface area contributed by atoms with Crippen molar-refractivity contribution in [3.63, 3.8) is 0 Å². The van der Waals surface area contributed by atoms with Gasteiger partial charge in [0.05, 0.1) is 19.3 Å². The number of aliphatic imine (C=N–C) groups is 1. The lowest BCUT2D eigenvalue weighted by Gasteiger charge is -2.22. The molecule has 0 aromatic heterocycles. The molecule has 1 heterocycles. The molecule has 6 nitrogen and oxygen atoms in total. The number of likely N-dealkylation sites (N-methyl/N-ethyl adjacent to an activating group) is 1. The Labute approximate surface area is 151 Å².